The number of amides is 1. The van der Waals surface area contributed by atoms with Crippen LogP contribution in [-0.2, 0) is 14.3 Å². The average molecular weight is 349 g/mol. The summed E-state index contributed by atoms with van der Waals surface area (Å²) in [6.45, 7) is 2.18. The van der Waals surface area contributed by atoms with E-state index in [2.05, 4.69) is 12.8 Å². The van der Waals surface area contributed by atoms with Crippen LogP contribution in [0, 0.1) is 18.3 Å². The number of unbranched alkanes of at least 4 members (excludes halogenated alkanes) is 4. The number of esters is 1. The first-order chi connectivity index (χ1) is 12.1. The summed E-state index contributed by atoms with van der Waals surface area (Å²) < 4.78 is 10.7. The number of terminal acetylenes is 1. The van der Waals surface area contributed by atoms with Crippen molar-refractivity contribution in [2.24, 2.45) is 5.92 Å². The first kappa shape index (κ1) is 19.6. The molecule has 0 aromatic rings. The van der Waals surface area contributed by atoms with Gasteiger partial charge in [-0.3, -0.25) is 9.69 Å². The molecule has 1 amide bonds. The second kappa shape index (κ2) is 9.70. The van der Waals surface area contributed by atoms with E-state index in [1.807, 2.05) is 0 Å². The third kappa shape index (κ3) is 4.90. The summed E-state index contributed by atoms with van der Waals surface area (Å²) in [6, 6.07) is -0.250. The van der Waals surface area contributed by atoms with E-state index >= 15 is 0 Å². The highest BCUT2D eigenvalue weighted by Crippen LogP contribution is 2.41. The van der Waals surface area contributed by atoms with Gasteiger partial charge in [0, 0.05) is 18.4 Å². The van der Waals surface area contributed by atoms with Gasteiger partial charge < -0.3 is 9.47 Å². The van der Waals surface area contributed by atoms with Gasteiger partial charge in [0.15, 0.2) is 0 Å². The van der Waals surface area contributed by atoms with E-state index < -0.39 is 0 Å². The zero-order chi connectivity index (χ0) is 18.2. The van der Waals surface area contributed by atoms with E-state index in [1.54, 1.807) is 4.90 Å². The van der Waals surface area contributed by atoms with Crippen molar-refractivity contribution in [2.45, 2.75) is 89.3 Å². The maximum atomic E-state index is 12.2. The van der Waals surface area contributed by atoms with Crippen molar-refractivity contribution in [1.82, 2.24) is 4.90 Å². The minimum atomic E-state index is -0.377. The van der Waals surface area contributed by atoms with Crippen molar-refractivity contribution in [1.29, 1.82) is 0 Å². The molecule has 4 atom stereocenters. The van der Waals surface area contributed by atoms with Crippen molar-refractivity contribution < 1.29 is 19.1 Å². The average Bonchev–Trinajstić information content (AvgIpc) is 3.00. The molecule has 2 aliphatic rings. The van der Waals surface area contributed by atoms with Crippen molar-refractivity contribution in [3.63, 3.8) is 0 Å². The van der Waals surface area contributed by atoms with E-state index in [-0.39, 0.29) is 36.2 Å². The molecular weight excluding hydrogens is 318 g/mol. The van der Waals surface area contributed by atoms with E-state index in [9.17, 15) is 9.59 Å². The van der Waals surface area contributed by atoms with E-state index in [0.29, 0.717) is 12.8 Å². The Labute approximate surface area is 151 Å². The summed E-state index contributed by atoms with van der Waals surface area (Å²) in [4.78, 5) is 26.0. The summed E-state index contributed by atoms with van der Waals surface area (Å²) in [6.07, 6.45) is 14.5. The number of methoxy groups -OCH3 is 1. The Hall–Kier alpha value is -1.70. The molecule has 2 rings (SSSR count). The van der Waals surface area contributed by atoms with Crippen LogP contribution >= 0.6 is 0 Å². The summed E-state index contributed by atoms with van der Waals surface area (Å²) in [5, 5.41) is 0. The number of ether oxygens (including phenoxy) is 2. The number of carbonyl (C=O) groups is 2. The van der Waals surface area contributed by atoms with E-state index in [0.717, 1.165) is 32.1 Å². The van der Waals surface area contributed by atoms with Gasteiger partial charge >= 0.3 is 12.1 Å². The predicted molar refractivity (Wildman–Crippen MR) is 95.9 cm³/mol. The Balaban J connectivity index is 1.89. The van der Waals surface area contributed by atoms with Crippen LogP contribution in [0.5, 0.6) is 0 Å². The Morgan fingerprint density at radius 2 is 1.96 bits per heavy atom. The van der Waals surface area contributed by atoms with Crippen molar-refractivity contribution >= 4 is 12.1 Å². The van der Waals surface area contributed by atoms with Crippen LogP contribution in [0.3, 0.4) is 0 Å². The first-order valence-corrected chi connectivity index (χ1v) is 9.64. The smallest absolute Gasteiger partial charge is 0.410 e. The Bertz CT molecular complexity index is 498. The molecule has 0 bridgehead atoms. The lowest BCUT2D eigenvalue weighted by Crippen LogP contribution is -2.46. The standard InChI is InChI=1S/C20H31NO4/c1-4-6-7-8-9-13-19(22)25-18-12-10-11-17-16(18)14-15(5-2)21(17)20(23)24-3/h2,15-18H,4,6-14H2,1,3H3/t15?,16-,17-,18+/m1/s1. The zero-order valence-corrected chi connectivity index (χ0v) is 15.5. The van der Waals surface area contributed by atoms with Gasteiger partial charge in [-0.05, 0) is 32.1 Å². The van der Waals surface area contributed by atoms with Crippen LogP contribution in [0.2, 0.25) is 0 Å². The van der Waals surface area contributed by atoms with Gasteiger partial charge in [-0.25, -0.2) is 4.79 Å². The van der Waals surface area contributed by atoms with Crippen molar-refractivity contribution in [2.75, 3.05) is 7.11 Å². The third-order valence-electron chi connectivity index (χ3n) is 5.49. The largest absolute Gasteiger partial charge is 0.462 e. The van der Waals surface area contributed by atoms with Gasteiger partial charge in [0.1, 0.15) is 6.10 Å². The Kier molecular flexibility index (Phi) is 7.61. The molecular formula is C20H31NO4. The maximum Gasteiger partial charge on any atom is 0.410 e. The van der Waals surface area contributed by atoms with Crippen LogP contribution in [0.1, 0.15) is 71.1 Å². The molecule has 0 aromatic heterocycles. The summed E-state index contributed by atoms with van der Waals surface area (Å²) in [5.74, 6) is 2.71. The van der Waals surface area contributed by atoms with Gasteiger partial charge in [0.25, 0.3) is 0 Å². The molecule has 1 saturated heterocycles. The fourth-order valence-corrected chi connectivity index (χ4v) is 4.22. The van der Waals surface area contributed by atoms with Gasteiger partial charge in [0.05, 0.1) is 13.2 Å². The molecule has 25 heavy (non-hydrogen) atoms. The van der Waals surface area contributed by atoms with Crippen LogP contribution in [0.4, 0.5) is 4.79 Å². The molecule has 0 spiro atoms. The number of carbonyl (C=O) groups excluding carboxylic acids is 2. The molecule has 5 nitrogen and oxygen atoms in total. The SMILES string of the molecule is C#CC1C[C@H]2[C@@H](OC(=O)CCCCCCC)CCC[C@H]2N1C(=O)OC. The highest BCUT2D eigenvalue weighted by atomic mass is 16.5. The minimum Gasteiger partial charge on any atom is -0.462 e. The van der Waals surface area contributed by atoms with E-state index in [4.69, 9.17) is 15.9 Å². The molecule has 1 heterocycles. The lowest BCUT2D eigenvalue weighted by atomic mass is 9.82. The van der Waals surface area contributed by atoms with Crippen LogP contribution < -0.4 is 0 Å². The fraction of sp³-hybridized carbons (Fsp3) is 0.800. The monoisotopic (exact) mass is 349 g/mol. The van der Waals surface area contributed by atoms with Crippen LogP contribution in [-0.4, -0.2) is 42.3 Å². The van der Waals surface area contributed by atoms with E-state index in [1.165, 1.54) is 26.4 Å². The number of nitrogens with zero attached hydrogens (tertiary/aromatic N) is 1. The quantitative estimate of drug-likeness (QED) is 0.397. The normalized spacial score (nSPS) is 28.1. The summed E-state index contributed by atoms with van der Waals surface area (Å²) in [5.41, 5.74) is 0. The van der Waals surface area contributed by atoms with Crippen molar-refractivity contribution in [3.8, 4) is 12.3 Å². The number of hydrogen-bond acceptors (Lipinski definition) is 4. The zero-order valence-electron chi connectivity index (χ0n) is 15.5. The topological polar surface area (TPSA) is 55.8 Å². The molecule has 5 heteroatoms. The summed E-state index contributed by atoms with van der Waals surface area (Å²) in [7, 11) is 1.38. The molecule has 140 valence electrons. The second-order valence-electron chi connectivity index (χ2n) is 7.15. The second-order valence-corrected chi connectivity index (χ2v) is 7.15. The molecule has 1 aliphatic carbocycles. The molecule has 0 radical (unpaired) electrons. The number of fused-ring (bicyclic) bond motifs is 1. The summed E-state index contributed by atoms with van der Waals surface area (Å²) >= 11 is 0. The predicted octanol–water partition coefficient (Wildman–Crippen LogP) is 3.90. The van der Waals surface area contributed by atoms with Gasteiger partial charge in [-0.2, -0.15) is 0 Å². The lowest BCUT2D eigenvalue weighted by molar-refractivity contribution is -0.154. The fourth-order valence-electron chi connectivity index (χ4n) is 4.22. The number of likely N-dealkylation sites (tertiary alicyclic amines) is 1. The Morgan fingerprint density at radius 1 is 1.20 bits per heavy atom. The third-order valence-corrected chi connectivity index (χ3v) is 5.49. The molecule has 0 aromatic carbocycles. The Morgan fingerprint density at radius 3 is 2.64 bits per heavy atom. The molecule has 1 aliphatic heterocycles. The number of hydrogen-bond donors (Lipinski definition) is 0. The lowest BCUT2D eigenvalue weighted by Gasteiger charge is -2.36. The van der Waals surface area contributed by atoms with Crippen LogP contribution in [0.25, 0.3) is 0 Å². The van der Waals surface area contributed by atoms with Gasteiger partial charge in [-0.1, -0.05) is 38.5 Å². The highest BCUT2D eigenvalue weighted by molar-refractivity contribution is 5.70. The maximum absolute atomic E-state index is 12.2. The number of rotatable bonds is 7. The molecule has 1 saturated carbocycles. The first-order valence-electron chi connectivity index (χ1n) is 9.64. The molecule has 2 fully saturated rings. The highest BCUT2D eigenvalue weighted by Gasteiger charge is 2.49. The van der Waals surface area contributed by atoms with Crippen molar-refractivity contribution in [3.05, 3.63) is 0 Å². The molecule has 1 unspecified atom stereocenters. The molecule has 0 N–H and O–H groups in total. The van der Waals surface area contributed by atoms with Crippen LogP contribution in [0.15, 0.2) is 0 Å². The van der Waals surface area contributed by atoms with Gasteiger partial charge in [0.2, 0.25) is 0 Å². The minimum absolute atomic E-state index is 0.0182. The van der Waals surface area contributed by atoms with Gasteiger partial charge in [-0.15, -0.1) is 6.42 Å².